The maximum atomic E-state index is 10.7. The minimum atomic E-state index is -0.900. The highest BCUT2D eigenvalue weighted by atomic mass is 16.4. The van der Waals surface area contributed by atoms with Gasteiger partial charge >= 0.3 is 5.97 Å². The molecule has 2 rings (SSSR count). The van der Waals surface area contributed by atoms with Gasteiger partial charge in [0.15, 0.2) is 0 Å². The Hall–Kier alpha value is -2.07. The second kappa shape index (κ2) is 4.84. The number of carbonyl (C=O) groups is 1. The van der Waals surface area contributed by atoms with E-state index >= 15 is 0 Å². The largest absolute Gasteiger partial charge is 0.478 e. The van der Waals surface area contributed by atoms with E-state index in [1.807, 2.05) is 35.2 Å². The fourth-order valence-electron chi connectivity index (χ4n) is 1.67. The summed E-state index contributed by atoms with van der Waals surface area (Å²) in [5.41, 5.74) is 7.99. The van der Waals surface area contributed by atoms with Crippen molar-refractivity contribution in [2.45, 2.75) is 13.1 Å². The van der Waals surface area contributed by atoms with E-state index in [2.05, 4.69) is 0 Å². The van der Waals surface area contributed by atoms with Crippen molar-refractivity contribution in [3.05, 3.63) is 59.4 Å². The second-order valence-corrected chi connectivity index (χ2v) is 3.90. The van der Waals surface area contributed by atoms with Crippen LogP contribution in [-0.2, 0) is 13.1 Å². The Bertz CT molecular complexity index is 514. The molecule has 0 fully saturated rings. The number of carboxylic acids is 1. The molecule has 0 atom stereocenters. The van der Waals surface area contributed by atoms with E-state index in [0.29, 0.717) is 12.1 Å². The first-order chi connectivity index (χ1) is 8.19. The third-order valence-corrected chi connectivity index (χ3v) is 2.61. The first-order valence-corrected chi connectivity index (χ1v) is 5.36. The monoisotopic (exact) mass is 230 g/mol. The SMILES string of the molecule is NCc1ccn(Cc2ccc(C(=O)O)cc2)c1. The van der Waals surface area contributed by atoms with Crippen LogP contribution in [-0.4, -0.2) is 15.6 Å². The van der Waals surface area contributed by atoms with Gasteiger partial charge in [0, 0.05) is 25.5 Å². The van der Waals surface area contributed by atoms with Gasteiger partial charge in [-0.2, -0.15) is 0 Å². The van der Waals surface area contributed by atoms with Crippen LogP contribution in [0.3, 0.4) is 0 Å². The lowest BCUT2D eigenvalue weighted by molar-refractivity contribution is 0.0697. The Balaban J connectivity index is 2.10. The molecule has 0 spiro atoms. The van der Waals surface area contributed by atoms with Gasteiger partial charge in [-0.25, -0.2) is 4.79 Å². The van der Waals surface area contributed by atoms with Gasteiger partial charge in [-0.3, -0.25) is 0 Å². The van der Waals surface area contributed by atoms with Crippen LogP contribution in [0.1, 0.15) is 21.5 Å². The van der Waals surface area contributed by atoms with Gasteiger partial charge in [-0.05, 0) is 29.3 Å². The number of nitrogens with two attached hydrogens (primary N) is 1. The molecule has 0 radical (unpaired) electrons. The average Bonchev–Trinajstić information content (AvgIpc) is 2.77. The van der Waals surface area contributed by atoms with Gasteiger partial charge in [0.25, 0.3) is 0 Å². The quantitative estimate of drug-likeness (QED) is 0.839. The van der Waals surface area contributed by atoms with Crippen LogP contribution in [0.5, 0.6) is 0 Å². The zero-order valence-electron chi connectivity index (χ0n) is 9.34. The van der Waals surface area contributed by atoms with Crippen molar-refractivity contribution in [2.24, 2.45) is 5.73 Å². The van der Waals surface area contributed by atoms with Gasteiger partial charge in [0.05, 0.1) is 5.56 Å². The molecule has 4 heteroatoms. The smallest absolute Gasteiger partial charge is 0.335 e. The summed E-state index contributed by atoms with van der Waals surface area (Å²) < 4.78 is 2.03. The highest BCUT2D eigenvalue weighted by molar-refractivity contribution is 5.87. The number of aromatic carboxylic acids is 1. The van der Waals surface area contributed by atoms with Crippen molar-refractivity contribution in [3.63, 3.8) is 0 Å². The van der Waals surface area contributed by atoms with E-state index in [9.17, 15) is 4.79 Å². The minimum absolute atomic E-state index is 0.309. The topological polar surface area (TPSA) is 68.2 Å². The normalized spacial score (nSPS) is 10.4. The van der Waals surface area contributed by atoms with E-state index in [1.165, 1.54) is 0 Å². The highest BCUT2D eigenvalue weighted by Crippen LogP contribution is 2.08. The molecule has 0 saturated carbocycles. The lowest BCUT2D eigenvalue weighted by Gasteiger charge is -2.03. The molecule has 88 valence electrons. The number of rotatable bonds is 4. The summed E-state index contributed by atoms with van der Waals surface area (Å²) in [7, 11) is 0. The molecule has 1 heterocycles. The van der Waals surface area contributed by atoms with Crippen molar-refractivity contribution < 1.29 is 9.90 Å². The number of hydrogen-bond acceptors (Lipinski definition) is 2. The van der Waals surface area contributed by atoms with Gasteiger partial charge < -0.3 is 15.4 Å². The molecule has 0 saturated heterocycles. The maximum absolute atomic E-state index is 10.7. The van der Waals surface area contributed by atoms with Crippen molar-refractivity contribution in [1.29, 1.82) is 0 Å². The lowest BCUT2D eigenvalue weighted by Crippen LogP contribution is -2.00. The molecule has 1 aromatic carbocycles. The van der Waals surface area contributed by atoms with Crippen molar-refractivity contribution in [2.75, 3.05) is 0 Å². The van der Waals surface area contributed by atoms with Crippen LogP contribution >= 0.6 is 0 Å². The Labute approximate surface area is 99.3 Å². The number of aromatic nitrogens is 1. The van der Waals surface area contributed by atoms with Crippen LogP contribution in [0, 0.1) is 0 Å². The Morgan fingerprint density at radius 1 is 1.18 bits per heavy atom. The van der Waals surface area contributed by atoms with Crippen LogP contribution in [0.4, 0.5) is 0 Å². The number of hydrogen-bond donors (Lipinski definition) is 2. The molecule has 1 aromatic heterocycles. The summed E-state index contributed by atoms with van der Waals surface area (Å²) in [5, 5.41) is 8.78. The Morgan fingerprint density at radius 3 is 2.41 bits per heavy atom. The first-order valence-electron chi connectivity index (χ1n) is 5.36. The molecule has 0 bridgehead atoms. The van der Waals surface area contributed by atoms with E-state index < -0.39 is 5.97 Å². The molecular weight excluding hydrogens is 216 g/mol. The second-order valence-electron chi connectivity index (χ2n) is 3.90. The van der Waals surface area contributed by atoms with E-state index in [4.69, 9.17) is 10.8 Å². The van der Waals surface area contributed by atoms with Crippen LogP contribution in [0.2, 0.25) is 0 Å². The molecule has 0 aliphatic rings. The maximum Gasteiger partial charge on any atom is 0.335 e. The first kappa shape index (κ1) is 11.4. The fourth-order valence-corrected chi connectivity index (χ4v) is 1.67. The van der Waals surface area contributed by atoms with Crippen LogP contribution in [0.15, 0.2) is 42.7 Å². The Kier molecular flexibility index (Phi) is 3.25. The van der Waals surface area contributed by atoms with Crippen molar-refractivity contribution >= 4 is 5.97 Å². The predicted octanol–water partition coefficient (Wildman–Crippen LogP) is 1.69. The molecule has 0 aliphatic heterocycles. The summed E-state index contributed by atoms with van der Waals surface area (Å²) in [5.74, 6) is -0.900. The molecule has 17 heavy (non-hydrogen) atoms. The van der Waals surface area contributed by atoms with E-state index in [0.717, 1.165) is 17.7 Å². The molecule has 2 aromatic rings. The third-order valence-electron chi connectivity index (χ3n) is 2.61. The summed E-state index contributed by atoms with van der Waals surface area (Å²) in [6, 6.07) is 8.86. The van der Waals surface area contributed by atoms with E-state index in [-0.39, 0.29) is 0 Å². The van der Waals surface area contributed by atoms with Gasteiger partial charge in [-0.15, -0.1) is 0 Å². The van der Waals surface area contributed by atoms with Gasteiger partial charge in [0.1, 0.15) is 0 Å². The molecule has 0 unspecified atom stereocenters. The number of benzene rings is 1. The summed E-state index contributed by atoms with van der Waals surface area (Å²) in [6.45, 7) is 1.25. The summed E-state index contributed by atoms with van der Waals surface area (Å²) in [6.07, 6.45) is 3.96. The minimum Gasteiger partial charge on any atom is -0.478 e. The van der Waals surface area contributed by atoms with Crippen LogP contribution < -0.4 is 5.73 Å². The average molecular weight is 230 g/mol. The Morgan fingerprint density at radius 2 is 1.88 bits per heavy atom. The zero-order chi connectivity index (χ0) is 12.3. The standard InChI is InChI=1S/C13H14N2O2/c14-7-11-5-6-15(9-11)8-10-1-3-12(4-2-10)13(16)17/h1-6,9H,7-8,14H2,(H,16,17). The number of nitrogens with zero attached hydrogens (tertiary/aromatic N) is 1. The predicted molar refractivity (Wildman–Crippen MR) is 64.8 cm³/mol. The molecular formula is C13H14N2O2. The van der Waals surface area contributed by atoms with Crippen molar-refractivity contribution in [3.8, 4) is 0 Å². The lowest BCUT2D eigenvalue weighted by atomic mass is 10.1. The third kappa shape index (κ3) is 2.73. The molecule has 0 amide bonds. The van der Waals surface area contributed by atoms with Crippen LogP contribution in [0.25, 0.3) is 0 Å². The summed E-state index contributed by atoms with van der Waals surface area (Å²) in [4.78, 5) is 10.7. The van der Waals surface area contributed by atoms with Gasteiger partial charge in [0.2, 0.25) is 0 Å². The van der Waals surface area contributed by atoms with Gasteiger partial charge in [-0.1, -0.05) is 12.1 Å². The summed E-state index contributed by atoms with van der Waals surface area (Å²) >= 11 is 0. The van der Waals surface area contributed by atoms with E-state index in [1.54, 1.807) is 12.1 Å². The van der Waals surface area contributed by atoms with Crippen molar-refractivity contribution in [1.82, 2.24) is 4.57 Å². The molecule has 4 nitrogen and oxygen atoms in total. The molecule has 3 N–H and O–H groups in total. The zero-order valence-corrected chi connectivity index (χ0v) is 9.34. The number of carboxylic acid groups (broad SMARTS) is 1. The fraction of sp³-hybridized carbons (Fsp3) is 0.154. The highest BCUT2D eigenvalue weighted by Gasteiger charge is 2.02. The molecule has 0 aliphatic carbocycles.